The van der Waals surface area contributed by atoms with Crippen molar-refractivity contribution in [3.63, 3.8) is 0 Å². The number of hydrogen-bond donors (Lipinski definition) is 0. The second-order valence-corrected chi connectivity index (χ2v) is 13.8. The zero-order valence-electron chi connectivity index (χ0n) is 29.5. The summed E-state index contributed by atoms with van der Waals surface area (Å²) in [6, 6.07) is 0. The van der Waals surface area contributed by atoms with Crippen molar-refractivity contribution in [3.05, 3.63) is 0 Å². The van der Waals surface area contributed by atoms with Gasteiger partial charge in [0.15, 0.2) is 0 Å². The van der Waals surface area contributed by atoms with Gasteiger partial charge in [-0.05, 0) is 25.7 Å². The van der Waals surface area contributed by atoms with Gasteiger partial charge in [0.25, 0.3) is 0 Å². The van der Waals surface area contributed by atoms with Crippen molar-refractivity contribution in [2.24, 2.45) is 5.92 Å². The van der Waals surface area contributed by atoms with Gasteiger partial charge in [-0.15, -0.1) is 0 Å². The molecule has 0 aromatic heterocycles. The van der Waals surface area contributed by atoms with Gasteiger partial charge in [-0.2, -0.15) is 0 Å². The fourth-order valence-corrected chi connectivity index (χ4v) is 5.80. The lowest BCUT2D eigenvalue weighted by Gasteiger charge is -2.17. The first-order valence-corrected chi connectivity index (χ1v) is 20.2. The Morgan fingerprint density at radius 1 is 0.400 bits per heavy atom. The summed E-state index contributed by atoms with van der Waals surface area (Å²) in [6.07, 6.45) is 31.1. The van der Waals surface area contributed by atoms with Gasteiger partial charge in [0.1, 0.15) is 19.8 Å². The van der Waals surface area contributed by atoms with E-state index in [1.165, 1.54) is 103 Å². The molecule has 0 spiro atoms. The first-order chi connectivity index (χ1) is 22.0. The lowest BCUT2D eigenvalue weighted by Crippen LogP contribution is -2.26. The van der Waals surface area contributed by atoms with Gasteiger partial charge in [-0.25, -0.2) is 0 Å². The molecule has 0 saturated carbocycles. The molecule has 0 aliphatic carbocycles. The maximum atomic E-state index is 12.4. The number of unbranched alkanes of at least 4 members (excludes halogenated alkanes) is 22. The smallest absolute Gasteiger partial charge is 0.305 e. The molecule has 0 aliphatic rings. The first-order valence-electron chi connectivity index (χ1n) is 19.1. The topological polar surface area (TPSA) is 78.9 Å². The molecule has 0 aliphatic heterocycles. The molecule has 0 fully saturated rings. The minimum Gasteiger partial charge on any atom is -0.465 e. The van der Waals surface area contributed by atoms with Gasteiger partial charge < -0.3 is 14.2 Å². The second-order valence-electron chi connectivity index (χ2n) is 13.0. The third kappa shape index (κ3) is 34.1. The van der Waals surface area contributed by atoms with Crippen LogP contribution in [-0.4, -0.2) is 43.1 Å². The number of esters is 3. The molecular formula is C38H71BrO6. The van der Waals surface area contributed by atoms with Crippen LogP contribution in [0.25, 0.3) is 0 Å². The number of ether oxygens (including phenoxy) is 3. The molecule has 266 valence electrons. The predicted molar refractivity (Wildman–Crippen MR) is 191 cm³/mol. The van der Waals surface area contributed by atoms with Gasteiger partial charge in [0.05, 0.1) is 5.92 Å². The lowest BCUT2D eigenvalue weighted by molar-refractivity contribution is -0.153. The van der Waals surface area contributed by atoms with Crippen LogP contribution in [0.1, 0.15) is 194 Å². The summed E-state index contributed by atoms with van der Waals surface area (Å²) in [7, 11) is 0. The van der Waals surface area contributed by atoms with Crippen molar-refractivity contribution in [3.8, 4) is 0 Å². The van der Waals surface area contributed by atoms with Crippen LogP contribution < -0.4 is 0 Å². The Balaban J connectivity index is 4.20. The minimum atomic E-state index is -0.348. The Labute approximate surface area is 286 Å². The second kappa shape index (κ2) is 35.7. The number of halogens is 1. The Kier molecular flexibility index (Phi) is 34.9. The third-order valence-electron chi connectivity index (χ3n) is 8.42. The van der Waals surface area contributed by atoms with E-state index in [9.17, 15) is 14.4 Å². The standard InChI is InChI=1S/C38H71BrO6/c1-3-5-7-9-11-13-15-17-19-21-24-28-36(40)43-32-35(34-45-38(42)30-26-23-27-31-39)33-44-37(41)29-25-22-20-18-16-14-12-10-8-6-4-2/h35H,3-34H2,1-2H3. The number of carbonyl (C=O) groups is 3. The van der Waals surface area contributed by atoms with Crippen molar-refractivity contribution < 1.29 is 28.6 Å². The molecule has 0 rings (SSSR count). The van der Waals surface area contributed by atoms with E-state index >= 15 is 0 Å². The molecule has 0 N–H and O–H groups in total. The SMILES string of the molecule is CCCCCCCCCCCCCC(=O)OCC(COC(=O)CCCCCBr)COC(=O)CCCCCCCCCCCCC. The molecule has 0 radical (unpaired) electrons. The van der Waals surface area contributed by atoms with E-state index in [2.05, 4.69) is 29.8 Å². The van der Waals surface area contributed by atoms with Crippen LogP contribution in [-0.2, 0) is 28.6 Å². The summed E-state index contributed by atoms with van der Waals surface area (Å²) in [5.74, 6) is -1.07. The number of rotatable bonds is 35. The van der Waals surface area contributed by atoms with E-state index in [4.69, 9.17) is 14.2 Å². The average molecular weight is 704 g/mol. The van der Waals surface area contributed by atoms with E-state index in [-0.39, 0.29) is 43.6 Å². The van der Waals surface area contributed by atoms with Gasteiger partial charge >= 0.3 is 17.9 Å². The molecule has 0 atom stereocenters. The average Bonchev–Trinajstić information content (AvgIpc) is 3.04. The fraction of sp³-hybridized carbons (Fsp3) is 0.921. The molecule has 0 amide bonds. The molecule has 7 heteroatoms. The van der Waals surface area contributed by atoms with Crippen molar-refractivity contribution in [2.45, 2.75) is 194 Å². The van der Waals surface area contributed by atoms with Crippen LogP contribution in [0.15, 0.2) is 0 Å². The van der Waals surface area contributed by atoms with E-state index < -0.39 is 0 Å². The maximum Gasteiger partial charge on any atom is 0.305 e. The van der Waals surface area contributed by atoms with Crippen molar-refractivity contribution >= 4 is 33.8 Å². The monoisotopic (exact) mass is 702 g/mol. The maximum absolute atomic E-state index is 12.4. The Morgan fingerprint density at radius 2 is 0.644 bits per heavy atom. The van der Waals surface area contributed by atoms with Gasteiger partial charge in [0.2, 0.25) is 0 Å². The van der Waals surface area contributed by atoms with E-state index in [1.54, 1.807) is 0 Å². The van der Waals surface area contributed by atoms with E-state index in [0.29, 0.717) is 19.3 Å². The highest BCUT2D eigenvalue weighted by atomic mass is 79.9. The molecule has 0 saturated heterocycles. The number of alkyl halides is 1. The molecular weight excluding hydrogens is 632 g/mol. The predicted octanol–water partition coefficient (Wildman–Crippen LogP) is 11.6. The van der Waals surface area contributed by atoms with Crippen LogP contribution in [0, 0.1) is 5.92 Å². The number of carbonyl (C=O) groups excluding carboxylic acids is 3. The van der Waals surface area contributed by atoms with Gasteiger partial charge in [-0.3, -0.25) is 14.4 Å². The quantitative estimate of drug-likeness (QED) is 0.0283. The molecule has 0 unspecified atom stereocenters. The summed E-state index contributed by atoms with van der Waals surface area (Å²) in [5, 5.41) is 0.930. The zero-order valence-corrected chi connectivity index (χ0v) is 31.1. The molecule has 0 bridgehead atoms. The first kappa shape index (κ1) is 43.9. The summed E-state index contributed by atoms with van der Waals surface area (Å²) in [5.41, 5.74) is 0. The van der Waals surface area contributed by atoms with Crippen molar-refractivity contribution in [1.82, 2.24) is 0 Å². The van der Waals surface area contributed by atoms with Gasteiger partial charge in [-0.1, -0.05) is 165 Å². The summed E-state index contributed by atoms with van der Waals surface area (Å²) in [6.45, 7) is 4.78. The fourth-order valence-electron chi connectivity index (χ4n) is 5.40. The summed E-state index contributed by atoms with van der Waals surface area (Å²) >= 11 is 3.41. The lowest BCUT2D eigenvalue weighted by atomic mass is 10.1. The van der Waals surface area contributed by atoms with Crippen LogP contribution >= 0.6 is 15.9 Å². The highest BCUT2D eigenvalue weighted by molar-refractivity contribution is 9.09. The minimum absolute atomic E-state index is 0.0920. The Bertz CT molecular complexity index is 629. The number of hydrogen-bond acceptors (Lipinski definition) is 6. The van der Waals surface area contributed by atoms with Crippen LogP contribution in [0.3, 0.4) is 0 Å². The van der Waals surface area contributed by atoms with Crippen LogP contribution in [0.2, 0.25) is 0 Å². The zero-order chi connectivity index (χ0) is 33.1. The molecule has 45 heavy (non-hydrogen) atoms. The van der Waals surface area contributed by atoms with Crippen molar-refractivity contribution in [1.29, 1.82) is 0 Å². The molecule has 0 aromatic rings. The summed E-state index contributed by atoms with van der Waals surface area (Å²) in [4.78, 5) is 36.9. The van der Waals surface area contributed by atoms with Gasteiger partial charge in [0, 0.05) is 24.6 Å². The van der Waals surface area contributed by atoms with Crippen molar-refractivity contribution in [2.75, 3.05) is 25.2 Å². The normalized spacial score (nSPS) is 11.2. The molecule has 6 nitrogen and oxygen atoms in total. The Morgan fingerprint density at radius 3 is 0.911 bits per heavy atom. The molecule has 0 heterocycles. The largest absolute Gasteiger partial charge is 0.465 e. The third-order valence-corrected chi connectivity index (χ3v) is 8.98. The van der Waals surface area contributed by atoms with Crippen LogP contribution in [0.4, 0.5) is 0 Å². The van der Waals surface area contributed by atoms with Crippen LogP contribution in [0.5, 0.6) is 0 Å². The highest BCUT2D eigenvalue weighted by Gasteiger charge is 2.18. The Hall–Kier alpha value is -1.11. The van der Waals surface area contributed by atoms with E-state index in [1.807, 2.05) is 0 Å². The highest BCUT2D eigenvalue weighted by Crippen LogP contribution is 2.14. The molecule has 0 aromatic carbocycles. The van der Waals surface area contributed by atoms with E-state index in [0.717, 1.165) is 63.1 Å². The summed E-state index contributed by atoms with van der Waals surface area (Å²) < 4.78 is 16.5.